The van der Waals surface area contributed by atoms with E-state index in [9.17, 15) is 9.59 Å². The highest BCUT2D eigenvalue weighted by Crippen LogP contribution is 2.24. The minimum absolute atomic E-state index is 0.0406. The standard InChI is InChI=1S/C16H19N7O2S/c24-15(21-12-3-5-26-16(12)25)11-2-1-4-22(7-11)13-6-14(19-9-18-13)23-10-17-8-20-23/h6,8-12H,1-5,7H2,(H,21,24). The van der Waals surface area contributed by atoms with Crippen LogP contribution in [0.1, 0.15) is 19.3 Å². The largest absolute Gasteiger partial charge is 0.356 e. The number of hydrogen-bond donors (Lipinski definition) is 1. The van der Waals surface area contributed by atoms with Crippen molar-refractivity contribution >= 4 is 28.6 Å². The highest BCUT2D eigenvalue weighted by atomic mass is 32.2. The Bertz CT molecular complexity index is 798. The van der Waals surface area contributed by atoms with Crippen LogP contribution in [-0.2, 0) is 9.59 Å². The summed E-state index contributed by atoms with van der Waals surface area (Å²) in [6, 6.07) is 1.51. The highest BCUT2D eigenvalue weighted by Gasteiger charge is 2.32. The van der Waals surface area contributed by atoms with Crippen LogP contribution in [0.4, 0.5) is 5.82 Å². The van der Waals surface area contributed by atoms with Gasteiger partial charge in [-0.2, -0.15) is 5.10 Å². The summed E-state index contributed by atoms with van der Waals surface area (Å²) < 4.78 is 1.57. The van der Waals surface area contributed by atoms with Crippen molar-refractivity contribution in [1.82, 2.24) is 30.0 Å². The normalized spacial score (nSPS) is 23.2. The van der Waals surface area contributed by atoms with Gasteiger partial charge in [0.25, 0.3) is 0 Å². The number of aromatic nitrogens is 5. The minimum Gasteiger partial charge on any atom is -0.356 e. The fraction of sp³-hybridized carbons (Fsp3) is 0.500. The lowest BCUT2D eigenvalue weighted by molar-refractivity contribution is -0.128. The third kappa shape index (κ3) is 3.55. The second-order valence-corrected chi connectivity index (χ2v) is 7.48. The van der Waals surface area contributed by atoms with Crippen molar-refractivity contribution in [2.75, 3.05) is 23.7 Å². The molecule has 0 radical (unpaired) electrons. The van der Waals surface area contributed by atoms with Crippen LogP contribution in [-0.4, -0.2) is 60.6 Å². The first-order valence-electron chi connectivity index (χ1n) is 8.60. The maximum absolute atomic E-state index is 12.6. The van der Waals surface area contributed by atoms with Crippen molar-refractivity contribution in [3.05, 3.63) is 25.0 Å². The van der Waals surface area contributed by atoms with Gasteiger partial charge in [0, 0.05) is 24.9 Å². The Morgan fingerprint density at radius 2 is 2.12 bits per heavy atom. The second-order valence-electron chi connectivity index (χ2n) is 6.38. The van der Waals surface area contributed by atoms with Gasteiger partial charge in [0.2, 0.25) is 11.0 Å². The van der Waals surface area contributed by atoms with Crippen LogP contribution in [0.2, 0.25) is 0 Å². The van der Waals surface area contributed by atoms with Crippen molar-refractivity contribution in [2.45, 2.75) is 25.3 Å². The molecule has 2 aliphatic rings. The van der Waals surface area contributed by atoms with E-state index in [-0.39, 0.29) is 23.0 Å². The number of thioether (sulfide) groups is 1. The molecule has 26 heavy (non-hydrogen) atoms. The molecule has 10 heteroatoms. The first kappa shape index (κ1) is 17.0. The van der Waals surface area contributed by atoms with Gasteiger partial charge in [-0.15, -0.1) is 0 Å². The summed E-state index contributed by atoms with van der Waals surface area (Å²) in [7, 11) is 0. The maximum atomic E-state index is 12.6. The van der Waals surface area contributed by atoms with E-state index >= 15 is 0 Å². The van der Waals surface area contributed by atoms with Gasteiger partial charge in [0.1, 0.15) is 24.8 Å². The molecule has 2 atom stereocenters. The molecular weight excluding hydrogens is 354 g/mol. The van der Waals surface area contributed by atoms with Gasteiger partial charge in [-0.25, -0.2) is 19.6 Å². The molecule has 2 aliphatic heterocycles. The van der Waals surface area contributed by atoms with Crippen LogP contribution in [0.25, 0.3) is 5.82 Å². The summed E-state index contributed by atoms with van der Waals surface area (Å²) in [5.74, 6) is 1.99. The molecule has 0 saturated carbocycles. The number of carbonyl (C=O) groups is 2. The van der Waals surface area contributed by atoms with E-state index in [1.54, 1.807) is 11.0 Å². The number of anilines is 1. The second kappa shape index (κ2) is 7.40. The number of hydrogen-bond acceptors (Lipinski definition) is 8. The SMILES string of the molecule is O=C(NC1CCSC1=O)C1CCCN(c2cc(-n3cncn3)ncn2)C1. The molecule has 136 valence electrons. The lowest BCUT2D eigenvalue weighted by Crippen LogP contribution is -2.47. The van der Waals surface area contributed by atoms with E-state index in [0.29, 0.717) is 12.4 Å². The molecule has 0 aliphatic carbocycles. The topological polar surface area (TPSA) is 106 Å². The van der Waals surface area contributed by atoms with Crippen LogP contribution >= 0.6 is 11.8 Å². The van der Waals surface area contributed by atoms with E-state index in [4.69, 9.17) is 0 Å². The van der Waals surface area contributed by atoms with E-state index in [0.717, 1.165) is 37.4 Å². The molecule has 0 bridgehead atoms. The summed E-state index contributed by atoms with van der Waals surface area (Å²) in [5, 5.41) is 7.06. The molecule has 0 aromatic carbocycles. The Hall–Kier alpha value is -2.49. The number of nitrogens with one attached hydrogen (secondary N) is 1. The first-order valence-corrected chi connectivity index (χ1v) is 9.58. The smallest absolute Gasteiger partial charge is 0.225 e. The van der Waals surface area contributed by atoms with Gasteiger partial charge >= 0.3 is 0 Å². The van der Waals surface area contributed by atoms with Crippen molar-refractivity contribution in [3.63, 3.8) is 0 Å². The van der Waals surface area contributed by atoms with Gasteiger partial charge in [-0.1, -0.05) is 11.8 Å². The summed E-state index contributed by atoms with van der Waals surface area (Å²) in [4.78, 5) is 38.9. The number of nitrogens with zero attached hydrogens (tertiary/aromatic N) is 6. The van der Waals surface area contributed by atoms with Crippen LogP contribution in [0.3, 0.4) is 0 Å². The van der Waals surface area contributed by atoms with E-state index in [1.807, 2.05) is 6.07 Å². The third-order valence-corrected chi connectivity index (χ3v) is 5.67. The summed E-state index contributed by atoms with van der Waals surface area (Å²) in [6.07, 6.45) is 6.95. The Morgan fingerprint density at radius 3 is 2.88 bits per heavy atom. The molecule has 4 rings (SSSR count). The summed E-state index contributed by atoms with van der Waals surface area (Å²) in [6.45, 7) is 1.41. The number of amides is 1. The zero-order valence-corrected chi connectivity index (χ0v) is 14.9. The third-order valence-electron chi connectivity index (χ3n) is 4.66. The van der Waals surface area contributed by atoms with Crippen molar-refractivity contribution in [1.29, 1.82) is 0 Å². The zero-order chi connectivity index (χ0) is 17.9. The number of carbonyl (C=O) groups excluding carboxylic acids is 2. The van der Waals surface area contributed by atoms with Crippen LogP contribution in [0.5, 0.6) is 0 Å². The van der Waals surface area contributed by atoms with Gasteiger partial charge < -0.3 is 10.2 Å². The van der Waals surface area contributed by atoms with E-state index in [2.05, 4.69) is 30.3 Å². The number of rotatable bonds is 4. The molecule has 2 unspecified atom stereocenters. The molecule has 0 spiro atoms. The van der Waals surface area contributed by atoms with E-state index < -0.39 is 0 Å². The monoisotopic (exact) mass is 373 g/mol. The molecule has 2 fully saturated rings. The van der Waals surface area contributed by atoms with Crippen molar-refractivity contribution < 1.29 is 9.59 Å². The summed E-state index contributed by atoms with van der Waals surface area (Å²) >= 11 is 1.30. The molecular formula is C16H19N7O2S. The first-order chi connectivity index (χ1) is 12.7. The Morgan fingerprint density at radius 1 is 1.23 bits per heavy atom. The van der Waals surface area contributed by atoms with Crippen LogP contribution in [0, 0.1) is 5.92 Å². The zero-order valence-electron chi connectivity index (χ0n) is 14.1. The van der Waals surface area contributed by atoms with Crippen LogP contribution < -0.4 is 10.2 Å². The molecule has 9 nitrogen and oxygen atoms in total. The molecule has 2 aromatic rings. The predicted molar refractivity (Wildman–Crippen MR) is 95.9 cm³/mol. The maximum Gasteiger partial charge on any atom is 0.225 e. The average Bonchev–Trinajstić information content (AvgIpc) is 3.35. The molecule has 1 amide bonds. The lowest BCUT2D eigenvalue weighted by atomic mass is 9.96. The molecule has 2 saturated heterocycles. The lowest BCUT2D eigenvalue weighted by Gasteiger charge is -2.33. The van der Waals surface area contributed by atoms with Crippen LogP contribution in [0.15, 0.2) is 25.0 Å². The Labute approximate surface area is 154 Å². The fourth-order valence-corrected chi connectivity index (χ4v) is 4.21. The number of piperidine rings is 1. The Balaban J connectivity index is 1.44. The van der Waals surface area contributed by atoms with Gasteiger partial charge in [0.05, 0.1) is 12.0 Å². The molecule has 4 heterocycles. The minimum atomic E-state index is -0.333. The Kier molecular flexibility index (Phi) is 4.83. The van der Waals surface area contributed by atoms with Gasteiger partial charge in [-0.05, 0) is 19.3 Å². The summed E-state index contributed by atoms with van der Waals surface area (Å²) in [5.41, 5.74) is 0. The van der Waals surface area contributed by atoms with Crippen molar-refractivity contribution in [3.8, 4) is 5.82 Å². The predicted octanol–water partition coefficient (Wildman–Crippen LogP) is 0.422. The van der Waals surface area contributed by atoms with Crippen molar-refractivity contribution in [2.24, 2.45) is 5.92 Å². The molecule has 1 N–H and O–H groups in total. The molecule has 2 aromatic heterocycles. The fourth-order valence-electron chi connectivity index (χ4n) is 3.28. The highest BCUT2D eigenvalue weighted by molar-refractivity contribution is 8.14. The average molecular weight is 373 g/mol. The van der Waals surface area contributed by atoms with Gasteiger partial charge in [0.15, 0.2) is 5.82 Å². The quantitative estimate of drug-likeness (QED) is 0.822. The van der Waals surface area contributed by atoms with E-state index in [1.165, 1.54) is 24.4 Å². The van der Waals surface area contributed by atoms with Gasteiger partial charge in [-0.3, -0.25) is 9.59 Å².